The van der Waals surface area contributed by atoms with Gasteiger partial charge in [0.15, 0.2) is 5.65 Å². The molecule has 0 amide bonds. The molecule has 0 spiro atoms. The van der Waals surface area contributed by atoms with E-state index in [1.54, 1.807) is 12.4 Å². The number of aromatic nitrogens is 5. The fraction of sp³-hybridized carbons (Fsp3) is 0.231. The van der Waals surface area contributed by atoms with E-state index in [-0.39, 0.29) is 6.04 Å². The molecule has 4 heterocycles. The van der Waals surface area contributed by atoms with Gasteiger partial charge in [0.2, 0.25) is 5.95 Å². The van der Waals surface area contributed by atoms with Crippen LogP contribution in [0.5, 0.6) is 0 Å². The molecule has 0 saturated carbocycles. The summed E-state index contributed by atoms with van der Waals surface area (Å²) in [7, 11) is 0. The van der Waals surface area contributed by atoms with Crippen LogP contribution in [0.25, 0.3) is 5.65 Å². The molecule has 0 radical (unpaired) electrons. The van der Waals surface area contributed by atoms with Gasteiger partial charge in [-0.1, -0.05) is 6.07 Å². The van der Waals surface area contributed by atoms with Gasteiger partial charge in [0.25, 0.3) is 0 Å². The minimum atomic E-state index is 0.285. The summed E-state index contributed by atoms with van der Waals surface area (Å²) < 4.78 is 3.82. The maximum atomic E-state index is 8.81. The molecule has 1 saturated heterocycles. The first-order chi connectivity index (χ1) is 9.85. The number of rotatable bonds is 2. The molecule has 0 aromatic carbocycles. The number of fused-ring (bicyclic) bond motifs is 1. The molecule has 4 rings (SSSR count). The van der Waals surface area contributed by atoms with Gasteiger partial charge in [-0.15, -0.1) is 10.2 Å². The second kappa shape index (κ2) is 4.06. The van der Waals surface area contributed by atoms with Crippen molar-refractivity contribution >= 4 is 11.6 Å². The number of hydrogen-bond acceptors (Lipinski definition) is 5. The van der Waals surface area contributed by atoms with Gasteiger partial charge in [-0.25, -0.2) is 0 Å². The van der Waals surface area contributed by atoms with E-state index >= 15 is 0 Å². The van der Waals surface area contributed by atoms with Crippen LogP contribution in [0.15, 0.2) is 36.8 Å². The normalized spacial score (nSPS) is 15.2. The van der Waals surface area contributed by atoms with Gasteiger partial charge in [0.1, 0.15) is 6.07 Å². The third-order valence-electron chi connectivity index (χ3n) is 3.55. The van der Waals surface area contributed by atoms with Crippen LogP contribution in [0.4, 0.5) is 5.95 Å². The van der Waals surface area contributed by atoms with Gasteiger partial charge >= 0.3 is 0 Å². The topological polar surface area (TPSA) is 75.0 Å². The molecule has 1 aliphatic rings. The number of nitrogens with zero attached hydrogens (tertiary/aromatic N) is 7. The van der Waals surface area contributed by atoms with Gasteiger partial charge in [0, 0.05) is 25.5 Å². The highest BCUT2D eigenvalue weighted by Crippen LogP contribution is 2.26. The third-order valence-corrected chi connectivity index (χ3v) is 3.55. The number of anilines is 1. The van der Waals surface area contributed by atoms with E-state index in [4.69, 9.17) is 5.26 Å². The van der Waals surface area contributed by atoms with Crippen molar-refractivity contribution in [3.8, 4) is 6.07 Å². The average molecular weight is 265 g/mol. The predicted octanol–water partition coefficient (Wildman–Crippen LogP) is 0.859. The van der Waals surface area contributed by atoms with Crippen molar-refractivity contribution in [3.63, 3.8) is 0 Å². The zero-order valence-electron chi connectivity index (χ0n) is 10.6. The SMILES string of the molecule is N#Cc1cnn(C2CN(c3nnc4ccccn34)C2)c1. The second-order valence-electron chi connectivity index (χ2n) is 4.81. The Morgan fingerprint density at radius 3 is 2.95 bits per heavy atom. The summed E-state index contributed by atoms with van der Waals surface area (Å²) in [5, 5.41) is 21.4. The number of nitriles is 1. The van der Waals surface area contributed by atoms with E-state index in [0.29, 0.717) is 5.56 Å². The number of pyridine rings is 1. The summed E-state index contributed by atoms with van der Waals surface area (Å²) in [6.45, 7) is 1.64. The van der Waals surface area contributed by atoms with E-state index in [0.717, 1.165) is 24.7 Å². The minimum Gasteiger partial charge on any atom is -0.336 e. The van der Waals surface area contributed by atoms with Crippen molar-refractivity contribution in [2.24, 2.45) is 0 Å². The monoisotopic (exact) mass is 265 g/mol. The van der Waals surface area contributed by atoms with Crippen LogP contribution in [-0.4, -0.2) is 37.5 Å². The smallest absolute Gasteiger partial charge is 0.231 e. The molecule has 1 fully saturated rings. The Morgan fingerprint density at radius 1 is 1.25 bits per heavy atom. The summed E-state index contributed by atoms with van der Waals surface area (Å²) in [5.74, 6) is 0.851. The molecular weight excluding hydrogens is 254 g/mol. The highest BCUT2D eigenvalue weighted by atomic mass is 15.4. The summed E-state index contributed by atoms with van der Waals surface area (Å²) >= 11 is 0. The van der Waals surface area contributed by atoms with Crippen molar-refractivity contribution in [2.45, 2.75) is 6.04 Å². The molecule has 20 heavy (non-hydrogen) atoms. The van der Waals surface area contributed by atoms with Gasteiger partial charge in [-0.2, -0.15) is 10.4 Å². The molecule has 1 aliphatic heterocycles. The van der Waals surface area contributed by atoms with Crippen molar-refractivity contribution in [1.82, 2.24) is 24.4 Å². The lowest BCUT2D eigenvalue weighted by molar-refractivity contribution is 0.362. The molecule has 0 bridgehead atoms. The van der Waals surface area contributed by atoms with Crippen LogP contribution in [0.3, 0.4) is 0 Å². The summed E-state index contributed by atoms with van der Waals surface area (Å²) in [4.78, 5) is 2.15. The Balaban J connectivity index is 1.55. The van der Waals surface area contributed by atoms with Gasteiger partial charge < -0.3 is 4.90 Å². The summed E-state index contributed by atoms with van der Waals surface area (Å²) in [6.07, 6.45) is 5.33. The molecule has 0 atom stereocenters. The molecule has 98 valence electrons. The highest BCUT2D eigenvalue weighted by molar-refractivity contribution is 5.47. The van der Waals surface area contributed by atoms with Crippen LogP contribution in [0.1, 0.15) is 11.6 Å². The molecule has 0 N–H and O–H groups in total. The Hall–Kier alpha value is -2.88. The highest BCUT2D eigenvalue weighted by Gasteiger charge is 2.31. The minimum absolute atomic E-state index is 0.285. The third kappa shape index (κ3) is 1.55. The lowest BCUT2D eigenvalue weighted by Gasteiger charge is -2.39. The molecule has 3 aromatic heterocycles. The first-order valence-corrected chi connectivity index (χ1v) is 6.34. The first kappa shape index (κ1) is 11.0. The van der Waals surface area contributed by atoms with Gasteiger partial charge in [0.05, 0.1) is 17.8 Å². The van der Waals surface area contributed by atoms with Crippen molar-refractivity contribution in [1.29, 1.82) is 5.26 Å². The Bertz CT molecular complexity index is 803. The zero-order valence-corrected chi connectivity index (χ0v) is 10.6. The molecule has 7 nitrogen and oxygen atoms in total. The molecule has 7 heteroatoms. The van der Waals surface area contributed by atoms with Gasteiger partial charge in [-0.3, -0.25) is 9.08 Å². The molecular formula is C13H11N7. The summed E-state index contributed by atoms with van der Waals surface area (Å²) in [5.41, 5.74) is 1.44. The van der Waals surface area contributed by atoms with Crippen molar-refractivity contribution in [3.05, 3.63) is 42.4 Å². The maximum absolute atomic E-state index is 8.81. The van der Waals surface area contributed by atoms with Crippen molar-refractivity contribution in [2.75, 3.05) is 18.0 Å². The van der Waals surface area contributed by atoms with Crippen molar-refractivity contribution < 1.29 is 0 Å². The average Bonchev–Trinajstić information content (AvgIpc) is 3.05. The molecule has 0 unspecified atom stereocenters. The van der Waals surface area contributed by atoms with E-state index < -0.39 is 0 Å². The fourth-order valence-corrected chi connectivity index (χ4v) is 2.43. The Labute approximate surface area is 114 Å². The lowest BCUT2D eigenvalue weighted by Crippen LogP contribution is -2.48. The first-order valence-electron chi connectivity index (χ1n) is 6.34. The Morgan fingerprint density at radius 2 is 2.15 bits per heavy atom. The van der Waals surface area contributed by atoms with Crippen LogP contribution in [-0.2, 0) is 0 Å². The molecule has 3 aromatic rings. The molecule has 0 aliphatic carbocycles. The number of hydrogen-bond donors (Lipinski definition) is 0. The fourth-order valence-electron chi connectivity index (χ4n) is 2.43. The maximum Gasteiger partial charge on any atom is 0.231 e. The van der Waals surface area contributed by atoms with Gasteiger partial charge in [-0.05, 0) is 12.1 Å². The summed E-state index contributed by atoms with van der Waals surface area (Å²) in [6, 6.07) is 8.21. The van der Waals surface area contributed by atoms with Crippen LogP contribution in [0.2, 0.25) is 0 Å². The second-order valence-corrected chi connectivity index (χ2v) is 4.81. The van der Waals surface area contributed by atoms with E-state index in [2.05, 4.69) is 26.3 Å². The van der Waals surface area contributed by atoms with E-state index in [1.165, 1.54) is 0 Å². The lowest BCUT2D eigenvalue weighted by atomic mass is 10.1. The van der Waals surface area contributed by atoms with Crippen LogP contribution in [0, 0.1) is 11.3 Å². The standard InChI is InChI=1S/C13H11N7/c14-5-10-6-15-20(7-10)11-8-18(9-11)13-17-16-12-3-1-2-4-19(12)13/h1-4,6-7,11H,8-9H2. The zero-order chi connectivity index (χ0) is 13.5. The predicted molar refractivity (Wildman–Crippen MR) is 71.2 cm³/mol. The van der Waals surface area contributed by atoms with Crippen LogP contribution >= 0.6 is 0 Å². The quantitative estimate of drug-likeness (QED) is 0.687. The van der Waals surface area contributed by atoms with Crippen LogP contribution < -0.4 is 4.90 Å². The van der Waals surface area contributed by atoms with E-state index in [9.17, 15) is 0 Å². The van der Waals surface area contributed by atoms with E-state index in [1.807, 2.05) is 33.5 Å². The largest absolute Gasteiger partial charge is 0.336 e. The Kier molecular flexibility index (Phi) is 2.23.